The summed E-state index contributed by atoms with van der Waals surface area (Å²) in [6.07, 6.45) is 5.90. The SMILES string of the molecule is CCNC(=NCc1ccc(OC)cc1)NCC(=O)NC1CCCCC1.I. The van der Waals surface area contributed by atoms with Gasteiger partial charge in [-0.1, -0.05) is 31.4 Å². The maximum atomic E-state index is 12.1. The van der Waals surface area contributed by atoms with Crippen molar-refractivity contribution < 1.29 is 9.53 Å². The Bertz CT molecular complexity index is 557. The molecule has 0 saturated heterocycles. The van der Waals surface area contributed by atoms with Gasteiger partial charge in [-0.25, -0.2) is 4.99 Å². The Labute approximate surface area is 173 Å². The second-order valence-electron chi connectivity index (χ2n) is 6.30. The van der Waals surface area contributed by atoms with Crippen LogP contribution in [0.4, 0.5) is 0 Å². The summed E-state index contributed by atoms with van der Waals surface area (Å²) in [5.41, 5.74) is 1.09. The monoisotopic (exact) mass is 474 g/mol. The molecule has 0 atom stereocenters. The van der Waals surface area contributed by atoms with Crippen molar-refractivity contribution in [2.24, 2.45) is 4.99 Å². The number of guanidine groups is 1. The first-order chi connectivity index (χ1) is 12.2. The summed E-state index contributed by atoms with van der Waals surface area (Å²) >= 11 is 0. The molecule has 1 aromatic carbocycles. The number of nitrogens with zero attached hydrogens (tertiary/aromatic N) is 1. The number of nitrogens with one attached hydrogen (secondary N) is 3. The van der Waals surface area contributed by atoms with Crippen LogP contribution in [0.2, 0.25) is 0 Å². The van der Waals surface area contributed by atoms with Gasteiger partial charge in [-0.15, -0.1) is 24.0 Å². The van der Waals surface area contributed by atoms with E-state index in [4.69, 9.17) is 4.74 Å². The molecule has 1 aliphatic carbocycles. The number of aliphatic imine (C=N–C) groups is 1. The van der Waals surface area contributed by atoms with Gasteiger partial charge in [0, 0.05) is 12.6 Å². The van der Waals surface area contributed by atoms with E-state index >= 15 is 0 Å². The van der Waals surface area contributed by atoms with E-state index in [0.29, 0.717) is 18.5 Å². The smallest absolute Gasteiger partial charge is 0.239 e. The summed E-state index contributed by atoms with van der Waals surface area (Å²) in [4.78, 5) is 16.6. The topological polar surface area (TPSA) is 74.8 Å². The highest BCUT2D eigenvalue weighted by Crippen LogP contribution is 2.17. The molecule has 6 nitrogen and oxygen atoms in total. The van der Waals surface area contributed by atoms with Crippen molar-refractivity contribution in [1.29, 1.82) is 0 Å². The molecule has 1 aromatic rings. The molecule has 0 unspecified atom stereocenters. The molecule has 2 rings (SSSR count). The molecule has 146 valence electrons. The van der Waals surface area contributed by atoms with Crippen LogP contribution in [0.15, 0.2) is 29.3 Å². The zero-order valence-corrected chi connectivity index (χ0v) is 18.0. The molecule has 0 aliphatic heterocycles. The third-order valence-corrected chi connectivity index (χ3v) is 4.31. The number of carbonyl (C=O) groups is 1. The lowest BCUT2D eigenvalue weighted by Gasteiger charge is -2.23. The van der Waals surface area contributed by atoms with E-state index in [1.165, 1.54) is 19.3 Å². The predicted molar refractivity (Wildman–Crippen MR) is 116 cm³/mol. The number of methoxy groups -OCH3 is 1. The number of hydrogen-bond acceptors (Lipinski definition) is 3. The number of carbonyl (C=O) groups excluding carboxylic acids is 1. The minimum Gasteiger partial charge on any atom is -0.497 e. The summed E-state index contributed by atoms with van der Waals surface area (Å²) in [6.45, 7) is 3.54. The Morgan fingerprint density at radius 2 is 1.85 bits per heavy atom. The quantitative estimate of drug-likeness (QED) is 0.323. The minimum absolute atomic E-state index is 0. The molecule has 7 heteroatoms. The lowest BCUT2D eigenvalue weighted by molar-refractivity contribution is -0.120. The van der Waals surface area contributed by atoms with Gasteiger partial charge in [-0.05, 0) is 37.5 Å². The van der Waals surface area contributed by atoms with Crippen molar-refractivity contribution in [1.82, 2.24) is 16.0 Å². The summed E-state index contributed by atoms with van der Waals surface area (Å²) < 4.78 is 5.16. The van der Waals surface area contributed by atoms with Crippen molar-refractivity contribution in [3.05, 3.63) is 29.8 Å². The molecule has 1 aliphatic rings. The van der Waals surface area contributed by atoms with Crippen molar-refractivity contribution in [2.45, 2.75) is 51.6 Å². The van der Waals surface area contributed by atoms with Crippen LogP contribution >= 0.6 is 24.0 Å². The molecule has 1 fully saturated rings. The third kappa shape index (κ3) is 8.25. The van der Waals surface area contributed by atoms with E-state index in [9.17, 15) is 4.79 Å². The van der Waals surface area contributed by atoms with Crippen LogP contribution in [0.25, 0.3) is 0 Å². The molecule has 3 N–H and O–H groups in total. The van der Waals surface area contributed by atoms with Crippen LogP contribution in [0.3, 0.4) is 0 Å². The Hall–Kier alpha value is -1.51. The lowest BCUT2D eigenvalue weighted by Crippen LogP contribution is -2.46. The van der Waals surface area contributed by atoms with E-state index in [2.05, 4.69) is 20.9 Å². The van der Waals surface area contributed by atoms with E-state index in [0.717, 1.165) is 30.7 Å². The number of benzene rings is 1. The van der Waals surface area contributed by atoms with Gasteiger partial charge >= 0.3 is 0 Å². The highest BCUT2D eigenvalue weighted by atomic mass is 127. The van der Waals surface area contributed by atoms with Crippen LogP contribution in [0, 0.1) is 0 Å². The molecule has 0 aromatic heterocycles. The normalized spacial score (nSPS) is 14.9. The fourth-order valence-corrected chi connectivity index (χ4v) is 2.93. The molecule has 0 bridgehead atoms. The number of ether oxygens (including phenoxy) is 1. The zero-order valence-electron chi connectivity index (χ0n) is 15.7. The van der Waals surface area contributed by atoms with Gasteiger partial charge in [-0.3, -0.25) is 4.79 Å². The standard InChI is InChI=1S/C19H30N4O2.HI/c1-3-20-19(21-13-15-9-11-17(25-2)12-10-15)22-14-18(24)23-16-7-5-4-6-8-16;/h9-12,16H,3-8,13-14H2,1-2H3,(H,23,24)(H2,20,21,22);1H. The number of amides is 1. The van der Waals surface area contributed by atoms with E-state index < -0.39 is 0 Å². The van der Waals surface area contributed by atoms with Gasteiger partial charge in [0.25, 0.3) is 0 Å². The predicted octanol–water partition coefficient (Wildman–Crippen LogP) is 2.82. The summed E-state index contributed by atoms with van der Waals surface area (Å²) in [6, 6.07) is 8.15. The second-order valence-corrected chi connectivity index (χ2v) is 6.30. The van der Waals surface area contributed by atoms with Gasteiger partial charge < -0.3 is 20.7 Å². The zero-order chi connectivity index (χ0) is 17.9. The van der Waals surface area contributed by atoms with Gasteiger partial charge in [0.15, 0.2) is 5.96 Å². The Balaban J connectivity index is 0.00000338. The fourth-order valence-electron chi connectivity index (χ4n) is 2.93. The molecule has 0 radical (unpaired) electrons. The highest BCUT2D eigenvalue weighted by Gasteiger charge is 2.15. The molecular formula is C19H31IN4O2. The maximum absolute atomic E-state index is 12.1. The van der Waals surface area contributed by atoms with Crippen molar-refractivity contribution in [3.63, 3.8) is 0 Å². The van der Waals surface area contributed by atoms with Crippen LogP contribution in [0.1, 0.15) is 44.6 Å². The van der Waals surface area contributed by atoms with Gasteiger partial charge in [0.05, 0.1) is 20.2 Å². The van der Waals surface area contributed by atoms with Crippen LogP contribution in [-0.4, -0.2) is 38.1 Å². The Morgan fingerprint density at radius 3 is 2.46 bits per heavy atom. The first kappa shape index (κ1) is 22.5. The largest absolute Gasteiger partial charge is 0.497 e. The highest BCUT2D eigenvalue weighted by molar-refractivity contribution is 14.0. The minimum atomic E-state index is 0. The molecule has 0 spiro atoms. The number of halogens is 1. The molecule has 1 saturated carbocycles. The molecule has 1 amide bonds. The van der Waals surface area contributed by atoms with Crippen LogP contribution in [0.5, 0.6) is 5.75 Å². The second kappa shape index (κ2) is 12.8. The summed E-state index contributed by atoms with van der Waals surface area (Å²) in [7, 11) is 1.65. The summed E-state index contributed by atoms with van der Waals surface area (Å²) in [5, 5.41) is 9.38. The van der Waals surface area contributed by atoms with Crippen LogP contribution < -0.4 is 20.7 Å². The Kier molecular flexibility index (Phi) is 11.1. The summed E-state index contributed by atoms with van der Waals surface area (Å²) in [5.74, 6) is 1.51. The van der Waals surface area contributed by atoms with Crippen molar-refractivity contribution in [2.75, 3.05) is 20.2 Å². The first-order valence-electron chi connectivity index (χ1n) is 9.15. The van der Waals surface area contributed by atoms with Crippen molar-refractivity contribution >= 4 is 35.8 Å². The number of hydrogen-bond donors (Lipinski definition) is 3. The lowest BCUT2D eigenvalue weighted by atomic mass is 9.95. The van der Waals surface area contributed by atoms with Crippen molar-refractivity contribution in [3.8, 4) is 5.75 Å². The van der Waals surface area contributed by atoms with Crippen LogP contribution in [-0.2, 0) is 11.3 Å². The average molecular weight is 474 g/mol. The van der Waals surface area contributed by atoms with E-state index in [1.54, 1.807) is 7.11 Å². The third-order valence-electron chi connectivity index (χ3n) is 4.31. The maximum Gasteiger partial charge on any atom is 0.239 e. The van der Waals surface area contributed by atoms with E-state index in [1.807, 2.05) is 31.2 Å². The molecule has 26 heavy (non-hydrogen) atoms. The Morgan fingerprint density at radius 1 is 1.15 bits per heavy atom. The fraction of sp³-hybridized carbons (Fsp3) is 0.579. The molecule has 0 heterocycles. The van der Waals surface area contributed by atoms with Gasteiger partial charge in [0.1, 0.15) is 5.75 Å². The number of rotatable bonds is 7. The van der Waals surface area contributed by atoms with Gasteiger partial charge in [0.2, 0.25) is 5.91 Å². The van der Waals surface area contributed by atoms with Gasteiger partial charge in [-0.2, -0.15) is 0 Å². The van der Waals surface area contributed by atoms with E-state index in [-0.39, 0.29) is 36.4 Å². The molecular weight excluding hydrogens is 443 g/mol. The first-order valence-corrected chi connectivity index (χ1v) is 9.15. The average Bonchev–Trinajstić information content (AvgIpc) is 2.65.